The molecule has 0 fully saturated rings. The highest BCUT2D eigenvalue weighted by atomic mass is 16.5. The fraction of sp³-hybridized carbons (Fsp3) is 0.200. The maximum atomic E-state index is 12.4. The Hall–Kier alpha value is -3.08. The van der Waals surface area contributed by atoms with Gasteiger partial charge in [0.2, 0.25) is 5.91 Å². The second-order valence-electron chi connectivity index (χ2n) is 5.99. The molecule has 1 heterocycles. The summed E-state index contributed by atoms with van der Waals surface area (Å²) >= 11 is 0. The first-order valence-corrected chi connectivity index (χ1v) is 8.04. The normalized spacial score (nSPS) is 14.6. The van der Waals surface area contributed by atoms with Crippen molar-refractivity contribution in [3.05, 3.63) is 64.7 Å². The number of ether oxygens (including phenoxy) is 1. The van der Waals surface area contributed by atoms with Gasteiger partial charge < -0.3 is 15.2 Å². The quantitative estimate of drug-likeness (QED) is 0.835. The molecule has 0 bridgehead atoms. The Morgan fingerprint density at radius 3 is 2.68 bits per heavy atom. The van der Waals surface area contributed by atoms with Crippen LogP contribution in [0, 0.1) is 13.8 Å². The van der Waals surface area contributed by atoms with E-state index in [1.807, 2.05) is 26.0 Å². The van der Waals surface area contributed by atoms with Crippen LogP contribution in [0.25, 0.3) is 5.57 Å². The van der Waals surface area contributed by atoms with Gasteiger partial charge in [-0.25, -0.2) is 4.79 Å². The number of carbonyl (C=O) groups is 2. The van der Waals surface area contributed by atoms with Gasteiger partial charge in [-0.15, -0.1) is 0 Å². The highest BCUT2D eigenvalue weighted by molar-refractivity contribution is 6.07. The van der Waals surface area contributed by atoms with E-state index in [0.29, 0.717) is 13.0 Å². The summed E-state index contributed by atoms with van der Waals surface area (Å²) in [4.78, 5) is 23.6. The van der Waals surface area contributed by atoms with E-state index in [0.717, 1.165) is 28.0 Å². The molecule has 5 nitrogen and oxygen atoms in total. The first-order valence-electron chi connectivity index (χ1n) is 8.04. The topological polar surface area (TPSA) is 75.6 Å². The number of nitrogens with one attached hydrogen (secondary N) is 1. The first-order chi connectivity index (χ1) is 12.0. The summed E-state index contributed by atoms with van der Waals surface area (Å²) in [5.74, 6) is -0.614. The molecular formula is C20H19NO4. The largest absolute Gasteiger partial charge is 0.492 e. The lowest BCUT2D eigenvalue weighted by Crippen LogP contribution is -2.15. The molecule has 2 aromatic rings. The Kier molecular flexibility index (Phi) is 4.57. The number of benzene rings is 2. The molecule has 2 N–H and O–H groups in total. The van der Waals surface area contributed by atoms with E-state index in [2.05, 4.69) is 5.32 Å². The van der Waals surface area contributed by atoms with Gasteiger partial charge in [-0.3, -0.25) is 4.79 Å². The standard InChI is InChI=1S/C20H19NO4/c1-12-7-8-15-14(9-10-25-19(15)13(12)2)11-18(22)21-17-6-4-3-5-16(17)20(23)24/h3-8,11H,9-10H2,1-2H3,(H,21,22)(H,23,24)/b14-11+. The van der Waals surface area contributed by atoms with Gasteiger partial charge in [0.1, 0.15) is 5.75 Å². The van der Waals surface area contributed by atoms with Crippen LogP contribution in [0.15, 0.2) is 42.5 Å². The zero-order chi connectivity index (χ0) is 18.0. The van der Waals surface area contributed by atoms with Crippen LogP contribution in [0.4, 0.5) is 5.69 Å². The number of fused-ring (bicyclic) bond motifs is 1. The fourth-order valence-electron chi connectivity index (χ4n) is 2.88. The Bertz CT molecular complexity index is 883. The van der Waals surface area contributed by atoms with E-state index in [1.54, 1.807) is 18.2 Å². The van der Waals surface area contributed by atoms with E-state index in [-0.39, 0.29) is 17.2 Å². The van der Waals surface area contributed by atoms with E-state index in [9.17, 15) is 14.7 Å². The maximum absolute atomic E-state index is 12.4. The minimum Gasteiger partial charge on any atom is -0.492 e. The first kappa shape index (κ1) is 16.8. The summed E-state index contributed by atoms with van der Waals surface area (Å²) in [6, 6.07) is 10.3. The summed E-state index contributed by atoms with van der Waals surface area (Å²) < 4.78 is 5.77. The van der Waals surface area contributed by atoms with E-state index in [4.69, 9.17) is 4.74 Å². The van der Waals surface area contributed by atoms with Gasteiger partial charge in [0.15, 0.2) is 0 Å². The molecule has 0 unspecified atom stereocenters. The summed E-state index contributed by atoms with van der Waals surface area (Å²) in [5.41, 5.74) is 4.35. The van der Waals surface area contributed by atoms with Crippen LogP contribution >= 0.6 is 0 Å². The highest BCUT2D eigenvalue weighted by Gasteiger charge is 2.19. The zero-order valence-corrected chi connectivity index (χ0v) is 14.1. The van der Waals surface area contributed by atoms with Crippen LogP contribution in [0.2, 0.25) is 0 Å². The molecule has 0 radical (unpaired) electrons. The molecule has 1 aliphatic heterocycles. The van der Waals surface area contributed by atoms with Crippen molar-refractivity contribution in [1.82, 2.24) is 0 Å². The van der Waals surface area contributed by atoms with E-state index in [1.165, 1.54) is 12.1 Å². The average molecular weight is 337 g/mol. The third-order valence-corrected chi connectivity index (χ3v) is 4.36. The molecule has 0 spiro atoms. The van der Waals surface area contributed by atoms with Gasteiger partial charge in [0.25, 0.3) is 0 Å². The van der Waals surface area contributed by atoms with Crippen molar-refractivity contribution in [2.75, 3.05) is 11.9 Å². The van der Waals surface area contributed by atoms with Crippen LogP contribution in [0.3, 0.4) is 0 Å². The fourth-order valence-corrected chi connectivity index (χ4v) is 2.88. The van der Waals surface area contributed by atoms with Crippen LogP contribution < -0.4 is 10.1 Å². The Morgan fingerprint density at radius 2 is 1.92 bits per heavy atom. The number of aryl methyl sites for hydroxylation is 1. The number of hydrogen-bond acceptors (Lipinski definition) is 3. The summed E-state index contributed by atoms with van der Waals surface area (Å²) in [5, 5.41) is 11.9. The van der Waals surface area contributed by atoms with Crippen molar-refractivity contribution < 1.29 is 19.4 Å². The molecule has 1 aliphatic rings. The highest BCUT2D eigenvalue weighted by Crippen LogP contribution is 2.36. The number of carboxylic acids is 1. The van der Waals surface area contributed by atoms with Crippen molar-refractivity contribution in [2.45, 2.75) is 20.3 Å². The summed E-state index contributed by atoms with van der Waals surface area (Å²) in [7, 11) is 0. The Labute approximate surface area is 145 Å². The molecule has 0 atom stereocenters. The third-order valence-electron chi connectivity index (χ3n) is 4.36. The molecule has 0 saturated heterocycles. The maximum Gasteiger partial charge on any atom is 0.337 e. The van der Waals surface area contributed by atoms with Crippen LogP contribution in [0.1, 0.15) is 33.5 Å². The molecule has 2 aromatic carbocycles. The molecule has 25 heavy (non-hydrogen) atoms. The second kappa shape index (κ2) is 6.81. The van der Waals surface area contributed by atoms with Gasteiger partial charge in [-0.05, 0) is 42.7 Å². The van der Waals surface area contributed by atoms with Crippen LogP contribution in [-0.4, -0.2) is 23.6 Å². The molecular weight excluding hydrogens is 318 g/mol. The zero-order valence-electron chi connectivity index (χ0n) is 14.1. The van der Waals surface area contributed by atoms with E-state index >= 15 is 0 Å². The van der Waals surface area contributed by atoms with Crippen LogP contribution in [0.5, 0.6) is 5.75 Å². The lowest BCUT2D eigenvalue weighted by Gasteiger charge is -2.23. The molecule has 128 valence electrons. The number of aromatic carboxylic acids is 1. The van der Waals surface area contributed by atoms with Crippen molar-refractivity contribution >= 4 is 23.1 Å². The monoisotopic (exact) mass is 337 g/mol. The number of rotatable bonds is 3. The summed E-state index contributed by atoms with van der Waals surface area (Å²) in [6.45, 7) is 4.54. The van der Waals surface area contributed by atoms with Crippen molar-refractivity contribution in [3.8, 4) is 5.75 Å². The molecule has 0 saturated carbocycles. The van der Waals surface area contributed by atoms with Gasteiger partial charge in [0, 0.05) is 18.1 Å². The van der Waals surface area contributed by atoms with Gasteiger partial charge in [-0.1, -0.05) is 24.3 Å². The van der Waals surface area contributed by atoms with Gasteiger partial charge in [-0.2, -0.15) is 0 Å². The SMILES string of the molecule is Cc1ccc2c(c1C)OCC/C2=C\C(=O)Nc1ccccc1C(=O)O. The van der Waals surface area contributed by atoms with Crippen molar-refractivity contribution in [1.29, 1.82) is 0 Å². The number of hydrogen-bond donors (Lipinski definition) is 2. The van der Waals surface area contributed by atoms with Crippen molar-refractivity contribution in [3.63, 3.8) is 0 Å². The van der Waals surface area contributed by atoms with Crippen LogP contribution in [-0.2, 0) is 4.79 Å². The second-order valence-corrected chi connectivity index (χ2v) is 5.99. The van der Waals surface area contributed by atoms with Gasteiger partial charge >= 0.3 is 5.97 Å². The molecule has 0 aliphatic carbocycles. The minimum absolute atomic E-state index is 0.0631. The smallest absolute Gasteiger partial charge is 0.337 e. The van der Waals surface area contributed by atoms with E-state index < -0.39 is 5.97 Å². The number of amides is 1. The predicted molar refractivity (Wildman–Crippen MR) is 96.0 cm³/mol. The number of carbonyl (C=O) groups excluding carboxylic acids is 1. The molecule has 0 aromatic heterocycles. The number of carboxylic acid groups (broad SMARTS) is 1. The lowest BCUT2D eigenvalue weighted by molar-refractivity contribution is -0.111. The molecule has 5 heteroatoms. The third kappa shape index (κ3) is 3.40. The number of para-hydroxylation sites is 1. The molecule has 3 rings (SSSR count). The number of anilines is 1. The lowest BCUT2D eigenvalue weighted by atomic mass is 9.94. The summed E-state index contributed by atoms with van der Waals surface area (Å²) in [6.07, 6.45) is 2.15. The Morgan fingerprint density at radius 1 is 1.16 bits per heavy atom. The average Bonchev–Trinajstić information content (AvgIpc) is 2.59. The predicted octanol–water partition coefficient (Wildman–Crippen LogP) is 3.81. The van der Waals surface area contributed by atoms with Crippen molar-refractivity contribution in [2.24, 2.45) is 0 Å². The minimum atomic E-state index is -1.08. The Balaban J connectivity index is 1.89. The van der Waals surface area contributed by atoms with Gasteiger partial charge in [0.05, 0.1) is 17.9 Å². The molecule has 1 amide bonds.